The van der Waals surface area contributed by atoms with Crippen LogP contribution >= 0.6 is 11.6 Å². The first-order valence-corrected chi connectivity index (χ1v) is 7.30. The molecule has 0 aromatic heterocycles. The first-order valence-electron chi connectivity index (χ1n) is 6.92. The number of carbonyl (C=O) groups is 3. The minimum absolute atomic E-state index is 0.395. The molecule has 2 fully saturated rings. The van der Waals surface area contributed by atoms with Crippen LogP contribution in [-0.2, 0) is 9.59 Å². The molecule has 0 unspecified atom stereocenters. The summed E-state index contributed by atoms with van der Waals surface area (Å²) in [6, 6.07) is 4.28. The molecule has 1 saturated carbocycles. The van der Waals surface area contributed by atoms with Crippen molar-refractivity contribution in [3.8, 4) is 0 Å². The van der Waals surface area contributed by atoms with Gasteiger partial charge in [-0.05, 0) is 37.5 Å². The number of urea groups is 1. The second-order valence-corrected chi connectivity index (χ2v) is 6.03. The van der Waals surface area contributed by atoms with E-state index in [2.05, 4.69) is 5.32 Å². The highest BCUT2D eigenvalue weighted by Crippen LogP contribution is 2.43. The molecule has 1 spiro atoms. The van der Waals surface area contributed by atoms with Crippen molar-refractivity contribution < 1.29 is 14.4 Å². The van der Waals surface area contributed by atoms with Crippen molar-refractivity contribution in [2.75, 3.05) is 4.90 Å². The van der Waals surface area contributed by atoms with E-state index in [-0.39, 0.29) is 0 Å². The van der Waals surface area contributed by atoms with Crippen LogP contribution in [0.15, 0.2) is 18.2 Å². The average Bonchev–Trinajstić information content (AvgIpc) is 2.92. The number of benzene rings is 1. The summed E-state index contributed by atoms with van der Waals surface area (Å²) < 4.78 is 0. The molecule has 4 amide bonds. The molecule has 1 aliphatic heterocycles. The summed E-state index contributed by atoms with van der Waals surface area (Å²) in [5, 5.41) is 2.79. The normalized spacial score (nSPS) is 21.0. The van der Waals surface area contributed by atoms with Crippen LogP contribution in [0.5, 0.6) is 0 Å². The third-order valence-electron chi connectivity index (χ3n) is 4.34. The van der Waals surface area contributed by atoms with Gasteiger partial charge in [-0.25, -0.2) is 9.69 Å². The fraction of sp³-hybridized carbons (Fsp3) is 0.400. The maximum atomic E-state index is 12.8. The first-order chi connectivity index (χ1) is 9.95. The molecular weight excluding hydrogens is 292 g/mol. The minimum Gasteiger partial charge on any atom is -0.276 e. The van der Waals surface area contributed by atoms with Crippen LogP contribution in [0.4, 0.5) is 10.5 Å². The largest absolute Gasteiger partial charge is 0.335 e. The van der Waals surface area contributed by atoms with Gasteiger partial charge in [0.25, 0.3) is 5.91 Å². The zero-order valence-electron chi connectivity index (χ0n) is 11.6. The summed E-state index contributed by atoms with van der Waals surface area (Å²) in [5.74, 6) is -0.905. The molecule has 1 aliphatic carbocycles. The number of nitrogens with zero attached hydrogens (tertiary/aromatic N) is 1. The number of nitrogens with one attached hydrogen (secondary N) is 1. The van der Waals surface area contributed by atoms with Crippen molar-refractivity contribution in [1.29, 1.82) is 0 Å². The molecule has 1 saturated heterocycles. The van der Waals surface area contributed by atoms with E-state index in [0.717, 1.165) is 23.3 Å². The Morgan fingerprint density at radius 2 is 1.86 bits per heavy atom. The lowest BCUT2D eigenvalue weighted by Crippen LogP contribution is -2.63. The Morgan fingerprint density at radius 1 is 1.19 bits per heavy atom. The minimum atomic E-state index is -1.09. The fourth-order valence-electron chi connectivity index (χ4n) is 3.05. The quantitative estimate of drug-likeness (QED) is 0.811. The maximum absolute atomic E-state index is 12.8. The van der Waals surface area contributed by atoms with Gasteiger partial charge >= 0.3 is 6.03 Å². The Balaban J connectivity index is 2.04. The SMILES string of the molecule is Cc1ccc(N2C(=O)NC(=O)C3(CCCC3)C2=O)cc1Cl. The second-order valence-electron chi connectivity index (χ2n) is 5.62. The van der Waals surface area contributed by atoms with Crippen LogP contribution < -0.4 is 10.2 Å². The fourth-order valence-corrected chi connectivity index (χ4v) is 3.23. The van der Waals surface area contributed by atoms with Crippen molar-refractivity contribution in [3.05, 3.63) is 28.8 Å². The molecule has 3 rings (SSSR count). The zero-order chi connectivity index (χ0) is 15.2. The first kappa shape index (κ1) is 14.1. The molecule has 1 aromatic carbocycles. The van der Waals surface area contributed by atoms with Gasteiger partial charge in [0.05, 0.1) is 5.69 Å². The predicted octanol–water partition coefficient (Wildman–Crippen LogP) is 2.79. The molecule has 1 aromatic rings. The molecule has 5 nitrogen and oxygen atoms in total. The third kappa shape index (κ3) is 2.03. The molecule has 0 bridgehead atoms. The van der Waals surface area contributed by atoms with Gasteiger partial charge in [-0.3, -0.25) is 14.9 Å². The van der Waals surface area contributed by atoms with Gasteiger partial charge in [-0.15, -0.1) is 0 Å². The van der Waals surface area contributed by atoms with Gasteiger partial charge in [-0.2, -0.15) is 0 Å². The van der Waals surface area contributed by atoms with Crippen molar-refractivity contribution in [2.45, 2.75) is 32.6 Å². The van der Waals surface area contributed by atoms with Crippen molar-refractivity contribution in [1.82, 2.24) is 5.32 Å². The van der Waals surface area contributed by atoms with E-state index < -0.39 is 23.3 Å². The Labute approximate surface area is 127 Å². The molecule has 21 heavy (non-hydrogen) atoms. The summed E-state index contributed by atoms with van der Waals surface area (Å²) in [5.41, 5.74) is 0.162. The predicted molar refractivity (Wildman–Crippen MR) is 78.1 cm³/mol. The van der Waals surface area contributed by atoms with Crippen molar-refractivity contribution in [3.63, 3.8) is 0 Å². The van der Waals surface area contributed by atoms with Gasteiger partial charge in [-0.1, -0.05) is 30.5 Å². The zero-order valence-corrected chi connectivity index (χ0v) is 12.4. The van der Waals surface area contributed by atoms with Crippen molar-refractivity contribution in [2.24, 2.45) is 5.41 Å². The van der Waals surface area contributed by atoms with E-state index in [1.165, 1.54) is 0 Å². The molecule has 1 N–H and O–H groups in total. The summed E-state index contributed by atoms with van der Waals surface area (Å²) in [7, 11) is 0. The molecule has 6 heteroatoms. The van der Waals surface area contributed by atoms with Crippen LogP contribution in [0, 0.1) is 12.3 Å². The van der Waals surface area contributed by atoms with Gasteiger partial charge in [0.2, 0.25) is 5.91 Å². The highest BCUT2D eigenvalue weighted by molar-refractivity contribution is 6.33. The summed E-state index contributed by atoms with van der Waals surface area (Å²) in [6.07, 6.45) is 2.60. The summed E-state index contributed by atoms with van der Waals surface area (Å²) in [4.78, 5) is 38.0. The number of hydrogen-bond donors (Lipinski definition) is 1. The number of halogens is 1. The lowest BCUT2D eigenvalue weighted by atomic mass is 9.82. The van der Waals surface area contributed by atoms with E-state index in [0.29, 0.717) is 23.6 Å². The summed E-state index contributed by atoms with van der Waals surface area (Å²) >= 11 is 6.07. The van der Waals surface area contributed by atoms with Gasteiger partial charge in [0, 0.05) is 5.02 Å². The number of aryl methyl sites for hydroxylation is 1. The average molecular weight is 307 g/mol. The molecule has 1 heterocycles. The smallest absolute Gasteiger partial charge is 0.276 e. The van der Waals surface area contributed by atoms with E-state index in [1.54, 1.807) is 18.2 Å². The molecule has 2 aliphatic rings. The van der Waals surface area contributed by atoms with Crippen LogP contribution in [0.1, 0.15) is 31.2 Å². The summed E-state index contributed by atoms with van der Waals surface area (Å²) in [6.45, 7) is 1.84. The second kappa shape index (κ2) is 4.84. The molecule has 110 valence electrons. The lowest BCUT2D eigenvalue weighted by molar-refractivity contribution is -0.142. The number of amides is 4. The van der Waals surface area contributed by atoms with Crippen LogP contribution in [0.25, 0.3) is 0 Å². The number of barbiturate groups is 1. The topological polar surface area (TPSA) is 66.5 Å². The molecular formula is C15H15ClN2O3. The lowest BCUT2D eigenvalue weighted by Gasteiger charge is -2.36. The van der Waals surface area contributed by atoms with E-state index in [1.807, 2.05) is 6.92 Å². The van der Waals surface area contributed by atoms with Crippen LogP contribution in [0.2, 0.25) is 5.02 Å². The van der Waals surface area contributed by atoms with Crippen LogP contribution in [-0.4, -0.2) is 17.8 Å². The number of imide groups is 2. The maximum Gasteiger partial charge on any atom is 0.335 e. The standard InChI is InChI=1S/C15H15ClN2O3/c1-9-4-5-10(8-11(9)16)18-13(20)15(6-2-3-7-15)12(19)17-14(18)21/h4-5,8H,2-3,6-7H2,1H3,(H,17,19,21). The highest BCUT2D eigenvalue weighted by atomic mass is 35.5. The molecule has 0 radical (unpaired) electrons. The van der Waals surface area contributed by atoms with Crippen LogP contribution in [0.3, 0.4) is 0 Å². The Hall–Kier alpha value is -1.88. The van der Waals surface area contributed by atoms with E-state index >= 15 is 0 Å². The highest BCUT2D eigenvalue weighted by Gasteiger charge is 2.55. The third-order valence-corrected chi connectivity index (χ3v) is 4.75. The Kier molecular flexibility index (Phi) is 3.24. The van der Waals surface area contributed by atoms with Gasteiger partial charge in [0.15, 0.2) is 0 Å². The number of rotatable bonds is 1. The number of hydrogen-bond acceptors (Lipinski definition) is 3. The molecule has 0 atom stereocenters. The van der Waals surface area contributed by atoms with Gasteiger partial charge in [0.1, 0.15) is 5.41 Å². The number of anilines is 1. The Bertz CT molecular complexity index is 650. The Morgan fingerprint density at radius 3 is 2.48 bits per heavy atom. The van der Waals surface area contributed by atoms with Gasteiger partial charge < -0.3 is 0 Å². The van der Waals surface area contributed by atoms with E-state index in [4.69, 9.17) is 11.6 Å². The van der Waals surface area contributed by atoms with E-state index in [9.17, 15) is 14.4 Å². The number of carbonyl (C=O) groups excluding carboxylic acids is 3. The monoisotopic (exact) mass is 306 g/mol. The van der Waals surface area contributed by atoms with Crippen molar-refractivity contribution >= 4 is 35.1 Å².